The van der Waals surface area contributed by atoms with Crippen LogP contribution < -0.4 is 10.1 Å². The molecule has 0 amide bonds. The van der Waals surface area contributed by atoms with Crippen LogP contribution in [0.4, 0.5) is 0 Å². The van der Waals surface area contributed by atoms with Crippen LogP contribution in [0.5, 0.6) is 5.75 Å². The Morgan fingerprint density at radius 1 is 1.19 bits per heavy atom. The zero-order valence-corrected chi connectivity index (χ0v) is 20.5. The Morgan fingerprint density at radius 2 is 2.00 bits per heavy atom. The van der Waals surface area contributed by atoms with Crippen LogP contribution in [0.25, 0.3) is 5.69 Å². The molecule has 2 aromatic heterocycles. The summed E-state index contributed by atoms with van der Waals surface area (Å²) in [5.74, 6) is 0.784. The number of halogens is 1. The second-order valence-electron chi connectivity index (χ2n) is 8.15. The number of pyridine rings is 1. The van der Waals surface area contributed by atoms with Gasteiger partial charge in [0.05, 0.1) is 30.6 Å². The van der Waals surface area contributed by atoms with Gasteiger partial charge in [0.15, 0.2) is 5.11 Å². The Bertz CT molecular complexity index is 1110. The molecule has 0 bridgehead atoms. The smallest absolute Gasteiger partial charge is 0.170 e. The van der Waals surface area contributed by atoms with E-state index in [1.807, 2.05) is 36.5 Å². The SMILES string of the molecule is CCCCN1C(=S)N[C@@H](c2ccccn2)[C@H]1c1cc(C)n(-c2cc(Cl)ccc2OC)c1C. The summed E-state index contributed by atoms with van der Waals surface area (Å²) in [6.45, 7) is 7.37. The van der Waals surface area contributed by atoms with Gasteiger partial charge in [0, 0.05) is 29.2 Å². The van der Waals surface area contributed by atoms with E-state index in [2.05, 4.69) is 52.7 Å². The van der Waals surface area contributed by atoms with Gasteiger partial charge >= 0.3 is 0 Å². The molecule has 2 atom stereocenters. The second-order valence-corrected chi connectivity index (χ2v) is 8.97. The second kappa shape index (κ2) is 9.51. The molecular formula is C25H29ClN4OS. The summed E-state index contributed by atoms with van der Waals surface area (Å²) < 4.78 is 7.87. The van der Waals surface area contributed by atoms with Crippen LogP contribution in [-0.4, -0.2) is 33.2 Å². The number of aryl methyl sites for hydroxylation is 1. The monoisotopic (exact) mass is 468 g/mol. The molecule has 1 aliphatic rings. The molecular weight excluding hydrogens is 440 g/mol. The molecule has 1 fully saturated rings. The molecule has 4 rings (SSSR count). The van der Waals surface area contributed by atoms with Gasteiger partial charge in [-0.3, -0.25) is 4.98 Å². The largest absolute Gasteiger partial charge is 0.495 e. The van der Waals surface area contributed by atoms with Crippen molar-refractivity contribution in [3.8, 4) is 11.4 Å². The molecule has 1 N–H and O–H groups in total. The minimum absolute atomic E-state index is 0.0178. The van der Waals surface area contributed by atoms with Crippen molar-refractivity contribution >= 4 is 28.9 Å². The number of nitrogens with zero attached hydrogens (tertiary/aromatic N) is 3. The van der Waals surface area contributed by atoms with Gasteiger partial charge in [-0.25, -0.2) is 0 Å². The van der Waals surface area contributed by atoms with Gasteiger partial charge in [0.25, 0.3) is 0 Å². The Morgan fingerprint density at radius 3 is 2.69 bits per heavy atom. The number of nitrogens with one attached hydrogen (secondary N) is 1. The third kappa shape index (κ3) is 4.09. The molecule has 5 nitrogen and oxygen atoms in total. The van der Waals surface area contributed by atoms with Gasteiger partial charge in [-0.1, -0.05) is 31.0 Å². The lowest BCUT2D eigenvalue weighted by molar-refractivity contribution is 0.312. The number of rotatable bonds is 7. The van der Waals surface area contributed by atoms with Crippen LogP contribution >= 0.6 is 23.8 Å². The molecule has 1 aliphatic heterocycles. The van der Waals surface area contributed by atoms with E-state index in [4.69, 9.17) is 28.6 Å². The van der Waals surface area contributed by atoms with Crippen molar-refractivity contribution in [1.29, 1.82) is 0 Å². The Hall–Kier alpha value is -2.57. The summed E-state index contributed by atoms with van der Waals surface area (Å²) in [4.78, 5) is 6.97. The summed E-state index contributed by atoms with van der Waals surface area (Å²) in [7, 11) is 1.69. The van der Waals surface area contributed by atoms with Crippen LogP contribution in [-0.2, 0) is 0 Å². The third-order valence-electron chi connectivity index (χ3n) is 6.12. The number of hydrogen-bond donors (Lipinski definition) is 1. The first-order chi connectivity index (χ1) is 15.5. The molecule has 32 heavy (non-hydrogen) atoms. The van der Waals surface area contributed by atoms with E-state index in [0.717, 1.165) is 53.0 Å². The highest BCUT2D eigenvalue weighted by atomic mass is 35.5. The fourth-order valence-electron chi connectivity index (χ4n) is 4.61. The van der Waals surface area contributed by atoms with E-state index in [1.165, 1.54) is 5.56 Å². The molecule has 3 heterocycles. The first kappa shape index (κ1) is 22.6. The molecule has 7 heteroatoms. The maximum atomic E-state index is 6.35. The number of aromatic nitrogens is 2. The first-order valence-corrected chi connectivity index (χ1v) is 11.8. The summed E-state index contributed by atoms with van der Waals surface area (Å²) in [5, 5.41) is 5.00. The molecule has 0 aliphatic carbocycles. The summed E-state index contributed by atoms with van der Waals surface area (Å²) in [6.07, 6.45) is 4.03. The van der Waals surface area contributed by atoms with E-state index < -0.39 is 0 Å². The normalized spacial score (nSPS) is 18.2. The van der Waals surface area contributed by atoms with Crippen LogP contribution in [0.2, 0.25) is 5.02 Å². The van der Waals surface area contributed by atoms with Gasteiger partial charge in [-0.2, -0.15) is 0 Å². The highest BCUT2D eigenvalue weighted by molar-refractivity contribution is 7.80. The van der Waals surface area contributed by atoms with Crippen molar-refractivity contribution in [3.05, 3.63) is 76.3 Å². The topological polar surface area (TPSA) is 42.3 Å². The summed E-state index contributed by atoms with van der Waals surface area (Å²) in [6, 6.07) is 14.0. The number of hydrogen-bond acceptors (Lipinski definition) is 3. The van der Waals surface area contributed by atoms with Crippen LogP contribution in [0.1, 0.15) is 54.5 Å². The van der Waals surface area contributed by atoms with Crippen LogP contribution in [0.15, 0.2) is 48.7 Å². The fraction of sp³-hybridized carbons (Fsp3) is 0.360. The highest BCUT2D eigenvalue weighted by Crippen LogP contribution is 2.42. The van der Waals surface area contributed by atoms with Gasteiger partial charge in [0.1, 0.15) is 5.75 Å². The lowest BCUT2D eigenvalue weighted by Crippen LogP contribution is -2.30. The zero-order chi connectivity index (χ0) is 22.8. The third-order valence-corrected chi connectivity index (χ3v) is 6.71. The molecule has 0 unspecified atom stereocenters. The quantitative estimate of drug-likeness (QED) is 0.435. The average molecular weight is 469 g/mol. The van der Waals surface area contributed by atoms with Crippen molar-refractivity contribution in [3.63, 3.8) is 0 Å². The Balaban J connectivity index is 1.85. The van der Waals surface area contributed by atoms with Gasteiger partial charge < -0.3 is 19.5 Å². The molecule has 168 valence electrons. The van der Waals surface area contributed by atoms with Crippen molar-refractivity contribution in [2.45, 2.75) is 45.7 Å². The van der Waals surface area contributed by atoms with Crippen molar-refractivity contribution in [1.82, 2.24) is 19.8 Å². The number of ether oxygens (including phenoxy) is 1. The lowest BCUT2D eigenvalue weighted by Gasteiger charge is -2.28. The van der Waals surface area contributed by atoms with E-state index >= 15 is 0 Å². The number of methoxy groups -OCH3 is 1. The number of thiocarbonyl (C=S) groups is 1. The minimum atomic E-state index is -0.0178. The van der Waals surface area contributed by atoms with Gasteiger partial charge in [-0.05, 0) is 74.4 Å². The number of unbranched alkanes of at least 4 members (excludes halogenated alkanes) is 1. The Labute approximate surface area is 200 Å². The van der Waals surface area contributed by atoms with Crippen molar-refractivity contribution < 1.29 is 4.74 Å². The lowest BCUT2D eigenvalue weighted by atomic mass is 9.96. The molecule has 1 aromatic carbocycles. The van der Waals surface area contributed by atoms with Crippen LogP contribution in [0.3, 0.4) is 0 Å². The minimum Gasteiger partial charge on any atom is -0.495 e. The molecule has 1 saturated heterocycles. The standard InChI is InChI=1S/C25H29ClN4OS/c1-5-6-13-29-24(23(28-25(29)32)20-9-7-8-12-27-20)19-14-16(2)30(17(19)3)21-15-18(26)10-11-22(21)31-4/h7-12,14-15,23-24H,5-6,13H2,1-4H3,(H,28,32)/t23-,24+/m0/s1. The van der Waals surface area contributed by atoms with Crippen molar-refractivity contribution in [2.24, 2.45) is 0 Å². The van der Waals surface area contributed by atoms with E-state index in [-0.39, 0.29) is 12.1 Å². The predicted molar refractivity (Wildman–Crippen MR) is 134 cm³/mol. The zero-order valence-electron chi connectivity index (χ0n) is 18.9. The summed E-state index contributed by atoms with van der Waals surface area (Å²) in [5.41, 5.74) is 5.41. The maximum Gasteiger partial charge on any atom is 0.170 e. The fourth-order valence-corrected chi connectivity index (χ4v) is 5.11. The van der Waals surface area contributed by atoms with E-state index in [0.29, 0.717) is 5.02 Å². The van der Waals surface area contributed by atoms with E-state index in [1.54, 1.807) is 7.11 Å². The molecule has 0 spiro atoms. The molecule has 3 aromatic rings. The van der Waals surface area contributed by atoms with Gasteiger partial charge in [0.2, 0.25) is 0 Å². The first-order valence-electron chi connectivity index (χ1n) is 11.0. The maximum absolute atomic E-state index is 6.35. The highest BCUT2D eigenvalue weighted by Gasteiger charge is 2.41. The number of benzene rings is 1. The van der Waals surface area contributed by atoms with Crippen LogP contribution in [0, 0.1) is 13.8 Å². The van der Waals surface area contributed by atoms with E-state index in [9.17, 15) is 0 Å². The molecule has 0 radical (unpaired) electrons. The van der Waals surface area contributed by atoms with Gasteiger partial charge in [-0.15, -0.1) is 0 Å². The Kier molecular flexibility index (Phi) is 6.72. The predicted octanol–water partition coefficient (Wildman–Crippen LogP) is 5.92. The average Bonchev–Trinajstić information content (AvgIpc) is 3.27. The van der Waals surface area contributed by atoms with Crippen molar-refractivity contribution in [2.75, 3.05) is 13.7 Å². The summed E-state index contributed by atoms with van der Waals surface area (Å²) >= 11 is 12.1. The molecule has 0 saturated carbocycles.